The summed E-state index contributed by atoms with van der Waals surface area (Å²) < 4.78 is 5.39. The summed E-state index contributed by atoms with van der Waals surface area (Å²) >= 11 is 0. The molecule has 0 spiro atoms. The predicted molar refractivity (Wildman–Crippen MR) is 75.7 cm³/mol. The van der Waals surface area contributed by atoms with Gasteiger partial charge in [-0.05, 0) is 51.8 Å². The quantitative estimate of drug-likeness (QED) is 0.832. The molecule has 0 amide bonds. The molecule has 0 saturated carbocycles. The molecule has 1 N–H and O–H groups in total. The highest BCUT2D eigenvalue weighted by molar-refractivity contribution is 5.84. The van der Waals surface area contributed by atoms with E-state index < -0.39 is 0 Å². The third-order valence-corrected chi connectivity index (χ3v) is 3.44. The van der Waals surface area contributed by atoms with Crippen molar-refractivity contribution in [3.63, 3.8) is 0 Å². The van der Waals surface area contributed by atoms with Crippen LogP contribution in [0, 0.1) is 13.8 Å². The van der Waals surface area contributed by atoms with E-state index in [-0.39, 0.29) is 11.6 Å². The normalized spacial score (nSPS) is 14.1. The van der Waals surface area contributed by atoms with E-state index in [4.69, 9.17) is 4.74 Å². The number of ether oxygens (including phenoxy) is 1. The van der Waals surface area contributed by atoms with E-state index in [0.29, 0.717) is 5.75 Å². The van der Waals surface area contributed by atoms with Crippen LogP contribution >= 0.6 is 0 Å². The number of aromatic hydroxyl groups is 1. The van der Waals surface area contributed by atoms with Crippen LogP contribution in [0.1, 0.15) is 37.5 Å². The number of hydrogen-bond acceptors (Lipinski definition) is 3. The molecule has 0 saturated heterocycles. The van der Waals surface area contributed by atoms with Crippen LogP contribution in [0.2, 0.25) is 0 Å². The molecule has 1 aromatic rings. The number of methoxy groups -OCH3 is 1. The molecule has 0 radical (unpaired) electrons. The molecule has 1 atom stereocenters. The lowest BCUT2D eigenvalue weighted by molar-refractivity contribution is 0.00627. The highest BCUT2D eigenvalue weighted by Gasteiger charge is 2.24. The van der Waals surface area contributed by atoms with E-state index >= 15 is 0 Å². The number of phenols is 1. The molecule has 0 heterocycles. The monoisotopic (exact) mass is 249 g/mol. The van der Waals surface area contributed by atoms with E-state index in [1.165, 1.54) is 0 Å². The van der Waals surface area contributed by atoms with Crippen molar-refractivity contribution >= 4 is 6.21 Å². The van der Waals surface area contributed by atoms with Crippen LogP contribution < -0.4 is 0 Å². The Morgan fingerprint density at radius 2 is 1.94 bits per heavy atom. The first-order valence-corrected chi connectivity index (χ1v) is 6.16. The molecule has 0 fully saturated rings. The van der Waals surface area contributed by atoms with E-state index in [1.807, 2.05) is 46.8 Å². The number of nitrogens with zero attached hydrogens (tertiary/aromatic N) is 1. The average molecular weight is 249 g/mol. The largest absolute Gasteiger partial charge is 0.507 e. The van der Waals surface area contributed by atoms with Crippen molar-refractivity contribution in [2.75, 3.05) is 7.11 Å². The maximum Gasteiger partial charge on any atom is 0.127 e. The molecular weight excluding hydrogens is 226 g/mol. The molecule has 3 nitrogen and oxygen atoms in total. The van der Waals surface area contributed by atoms with Crippen LogP contribution in [0.15, 0.2) is 17.1 Å². The zero-order chi connectivity index (χ0) is 13.9. The minimum absolute atomic E-state index is 0.0164. The Labute approximate surface area is 110 Å². The first-order chi connectivity index (χ1) is 8.27. The second-order valence-electron chi connectivity index (χ2n) is 5.28. The van der Waals surface area contributed by atoms with Gasteiger partial charge in [0, 0.05) is 18.9 Å². The van der Waals surface area contributed by atoms with Crippen LogP contribution in [-0.2, 0) is 4.74 Å². The van der Waals surface area contributed by atoms with Gasteiger partial charge in [0.2, 0.25) is 0 Å². The zero-order valence-corrected chi connectivity index (χ0v) is 12.1. The Balaban J connectivity index is 2.98. The molecule has 1 aromatic carbocycles. The van der Waals surface area contributed by atoms with Crippen molar-refractivity contribution in [1.29, 1.82) is 0 Å². The van der Waals surface area contributed by atoms with E-state index in [9.17, 15) is 5.11 Å². The summed E-state index contributed by atoms with van der Waals surface area (Å²) in [5, 5.41) is 9.97. The molecule has 0 aromatic heterocycles. The third-order valence-electron chi connectivity index (χ3n) is 3.44. The molecule has 0 aliphatic carbocycles. The minimum Gasteiger partial charge on any atom is -0.507 e. The van der Waals surface area contributed by atoms with Gasteiger partial charge in [0.05, 0.1) is 11.6 Å². The molecule has 1 unspecified atom stereocenters. The summed E-state index contributed by atoms with van der Waals surface area (Å²) in [4.78, 5) is 4.47. The van der Waals surface area contributed by atoms with Crippen LogP contribution in [-0.4, -0.2) is 30.1 Å². The molecular formula is C15H23NO2. The number of phenolic OH excluding ortho intramolecular Hbond substituents is 1. The van der Waals surface area contributed by atoms with E-state index in [0.717, 1.165) is 16.7 Å². The van der Waals surface area contributed by atoms with Crippen molar-refractivity contribution < 1.29 is 9.84 Å². The molecule has 1 rings (SSSR count). The summed E-state index contributed by atoms with van der Waals surface area (Å²) in [6, 6.07) is 3.90. The minimum atomic E-state index is -0.314. The second kappa shape index (κ2) is 5.53. The highest BCUT2D eigenvalue weighted by Crippen LogP contribution is 2.23. The fourth-order valence-corrected chi connectivity index (χ4v) is 1.63. The summed E-state index contributed by atoms with van der Waals surface area (Å²) in [5.41, 5.74) is 2.43. The van der Waals surface area contributed by atoms with Gasteiger partial charge in [-0.25, -0.2) is 0 Å². The first kappa shape index (κ1) is 14.7. The predicted octanol–water partition coefficient (Wildman–Crippen LogP) is 3.24. The van der Waals surface area contributed by atoms with Crippen LogP contribution in [0.3, 0.4) is 0 Å². The third kappa shape index (κ3) is 3.33. The van der Waals surface area contributed by atoms with Crippen molar-refractivity contribution in [2.24, 2.45) is 4.99 Å². The second-order valence-corrected chi connectivity index (χ2v) is 5.28. The Morgan fingerprint density at radius 3 is 2.50 bits per heavy atom. The van der Waals surface area contributed by atoms with E-state index in [2.05, 4.69) is 4.99 Å². The number of aryl methyl sites for hydroxylation is 2. The van der Waals surface area contributed by atoms with Gasteiger partial charge in [-0.15, -0.1) is 0 Å². The van der Waals surface area contributed by atoms with Gasteiger partial charge in [-0.3, -0.25) is 4.99 Å². The van der Waals surface area contributed by atoms with Crippen LogP contribution in [0.25, 0.3) is 0 Å². The summed E-state index contributed by atoms with van der Waals surface area (Å²) in [5.74, 6) is 0.298. The molecule has 18 heavy (non-hydrogen) atoms. The Kier molecular flexibility index (Phi) is 4.52. The topological polar surface area (TPSA) is 41.8 Å². The highest BCUT2D eigenvalue weighted by atomic mass is 16.5. The fraction of sp³-hybridized carbons (Fsp3) is 0.533. The van der Waals surface area contributed by atoms with Gasteiger partial charge in [-0.1, -0.05) is 6.07 Å². The van der Waals surface area contributed by atoms with E-state index in [1.54, 1.807) is 13.3 Å². The van der Waals surface area contributed by atoms with Crippen molar-refractivity contribution in [1.82, 2.24) is 0 Å². The summed E-state index contributed by atoms with van der Waals surface area (Å²) in [7, 11) is 1.68. The fourth-order valence-electron chi connectivity index (χ4n) is 1.63. The average Bonchev–Trinajstić information content (AvgIpc) is 2.31. The smallest absolute Gasteiger partial charge is 0.127 e. The number of rotatable bonds is 4. The van der Waals surface area contributed by atoms with Gasteiger partial charge < -0.3 is 9.84 Å². The lowest BCUT2D eigenvalue weighted by Gasteiger charge is -2.27. The Bertz CT molecular complexity index is 450. The molecule has 0 aliphatic heterocycles. The lowest BCUT2D eigenvalue weighted by atomic mass is 10.0. The van der Waals surface area contributed by atoms with Gasteiger partial charge >= 0.3 is 0 Å². The zero-order valence-electron chi connectivity index (χ0n) is 12.1. The van der Waals surface area contributed by atoms with Gasteiger partial charge in [0.25, 0.3) is 0 Å². The maximum atomic E-state index is 9.97. The van der Waals surface area contributed by atoms with Crippen molar-refractivity contribution in [2.45, 2.75) is 46.3 Å². The molecule has 100 valence electrons. The van der Waals surface area contributed by atoms with Crippen molar-refractivity contribution in [3.8, 4) is 5.75 Å². The SMILES string of the molecule is COC(C)(C)C(C)N=Cc1cc(C)cc(C)c1O. The van der Waals surface area contributed by atoms with Crippen LogP contribution in [0.5, 0.6) is 5.75 Å². The molecule has 0 aliphatic rings. The number of benzene rings is 1. The van der Waals surface area contributed by atoms with Crippen molar-refractivity contribution in [3.05, 3.63) is 28.8 Å². The van der Waals surface area contributed by atoms with Crippen LogP contribution in [0.4, 0.5) is 0 Å². The first-order valence-electron chi connectivity index (χ1n) is 6.16. The number of aliphatic imine (C=N–C) groups is 1. The molecule has 3 heteroatoms. The standard InChI is InChI=1S/C15H23NO2/c1-10-7-11(2)14(17)13(8-10)9-16-12(3)15(4,5)18-6/h7-9,12,17H,1-6H3. The maximum absolute atomic E-state index is 9.97. The Morgan fingerprint density at radius 1 is 1.33 bits per heavy atom. The Hall–Kier alpha value is -1.35. The van der Waals surface area contributed by atoms with Gasteiger partial charge in [0.15, 0.2) is 0 Å². The summed E-state index contributed by atoms with van der Waals surface area (Å²) in [6.45, 7) is 9.89. The van der Waals surface area contributed by atoms with Gasteiger partial charge in [0.1, 0.15) is 5.75 Å². The molecule has 0 bridgehead atoms. The lowest BCUT2D eigenvalue weighted by Crippen LogP contribution is -2.34. The number of hydrogen-bond donors (Lipinski definition) is 1. The summed E-state index contributed by atoms with van der Waals surface area (Å²) in [6.07, 6.45) is 1.72. The van der Waals surface area contributed by atoms with Gasteiger partial charge in [-0.2, -0.15) is 0 Å².